The van der Waals surface area contributed by atoms with Crippen molar-refractivity contribution in [1.29, 1.82) is 0 Å². The van der Waals surface area contributed by atoms with Gasteiger partial charge in [0, 0.05) is 30.4 Å². The fourth-order valence-electron chi connectivity index (χ4n) is 5.25. The Hall–Kier alpha value is -3.82. The van der Waals surface area contributed by atoms with Crippen LogP contribution in [-0.2, 0) is 11.3 Å². The van der Waals surface area contributed by atoms with Crippen molar-refractivity contribution in [3.05, 3.63) is 77.6 Å². The number of fused-ring (bicyclic) bond motifs is 1. The Labute approximate surface area is 203 Å². The predicted molar refractivity (Wildman–Crippen MR) is 128 cm³/mol. The minimum atomic E-state index is -0.481. The second kappa shape index (κ2) is 9.44. The molecule has 0 saturated carbocycles. The third kappa shape index (κ3) is 3.92. The van der Waals surface area contributed by atoms with E-state index in [0.29, 0.717) is 23.8 Å². The molecule has 9 heteroatoms. The van der Waals surface area contributed by atoms with E-state index in [1.54, 1.807) is 45.9 Å². The fraction of sp³-hybridized carbons (Fsp3) is 0.308. The van der Waals surface area contributed by atoms with Crippen LogP contribution in [0.4, 0.5) is 0 Å². The molecule has 0 spiro atoms. The molecule has 3 aromatic rings. The molecule has 5 rings (SSSR count). The standard InChI is InChI=1S/C26H28N4O5/c1-33-19-12-16(13-20(34-2)25(19)35-3)24-21-22(17-6-4-5-7-18(17)31)28-29-23(21)26(32)30(24)14-15-8-10-27-11-9-15/h4-13,21-24,28-29,31H,14H2,1-3H3. The van der Waals surface area contributed by atoms with Crippen LogP contribution >= 0.6 is 0 Å². The van der Waals surface area contributed by atoms with Gasteiger partial charge in [0.25, 0.3) is 0 Å². The van der Waals surface area contributed by atoms with Gasteiger partial charge in [-0.15, -0.1) is 0 Å². The van der Waals surface area contributed by atoms with Gasteiger partial charge in [-0.25, -0.2) is 10.9 Å². The molecule has 2 fully saturated rings. The number of hydrogen-bond donors (Lipinski definition) is 3. The Kier molecular flexibility index (Phi) is 6.19. The van der Waals surface area contributed by atoms with Gasteiger partial charge in [0.1, 0.15) is 11.8 Å². The summed E-state index contributed by atoms with van der Waals surface area (Å²) < 4.78 is 16.7. The number of phenolic OH excluding ortho intramolecular Hbond substituents is 1. The van der Waals surface area contributed by atoms with E-state index in [2.05, 4.69) is 15.8 Å². The van der Waals surface area contributed by atoms with E-state index in [-0.39, 0.29) is 29.7 Å². The Morgan fingerprint density at radius 2 is 1.60 bits per heavy atom. The van der Waals surface area contributed by atoms with Crippen molar-refractivity contribution < 1.29 is 24.1 Å². The number of rotatable bonds is 7. The molecular formula is C26H28N4O5. The van der Waals surface area contributed by atoms with E-state index in [1.165, 1.54) is 0 Å². The van der Waals surface area contributed by atoms with Crippen molar-refractivity contribution in [2.45, 2.75) is 24.7 Å². The summed E-state index contributed by atoms with van der Waals surface area (Å²) in [6.07, 6.45) is 3.44. The van der Waals surface area contributed by atoms with Crippen LogP contribution in [0, 0.1) is 5.92 Å². The maximum atomic E-state index is 13.7. The lowest BCUT2D eigenvalue weighted by atomic mass is 9.83. The van der Waals surface area contributed by atoms with E-state index < -0.39 is 6.04 Å². The van der Waals surface area contributed by atoms with Gasteiger partial charge < -0.3 is 24.2 Å². The smallest absolute Gasteiger partial charge is 0.242 e. The predicted octanol–water partition coefficient (Wildman–Crippen LogP) is 2.73. The summed E-state index contributed by atoms with van der Waals surface area (Å²) in [5.41, 5.74) is 8.99. The van der Waals surface area contributed by atoms with Gasteiger partial charge >= 0.3 is 0 Å². The Morgan fingerprint density at radius 3 is 2.23 bits per heavy atom. The van der Waals surface area contributed by atoms with E-state index in [1.807, 2.05) is 41.3 Å². The number of para-hydroxylation sites is 1. The van der Waals surface area contributed by atoms with Crippen molar-refractivity contribution in [1.82, 2.24) is 20.7 Å². The van der Waals surface area contributed by atoms with Crippen LogP contribution in [0.2, 0.25) is 0 Å². The van der Waals surface area contributed by atoms with Crippen LogP contribution in [0.5, 0.6) is 23.0 Å². The highest BCUT2D eigenvalue weighted by Crippen LogP contribution is 2.51. The molecule has 2 aliphatic rings. The summed E-state index contributed by atoms with van der Waals surface area (Å²) >= 11 is 0. The van der Waals surface area contributed by atoms with Gasteiger partial charge in [0.05, 0.1) is 33.4 Å². The van der Waals surface area contributed by atoms with Gasteiger partial charge in [-0.2, -0.15) is 0 Å². The number of aromatic hydroxyl groups is 1. The number of carbonyl (C=O) groups is 1. The number of nitrogens with one attached hydrogen (secondary N) is 2. The highest BCUT2D eigenvalue weighted by Gasteiger charge is 2.56. The summed E-state index contributed by atoms with van der Waals surface area (Å²) in [6, 6.07) is 13.6. The van der Waals surface area contributed by atoms with Crippen LogP contribution in [0.3, 0.4) is 0 Å². The number of hydrogen-bond acceptors (Lipinski definition) is 8. The van der Waals surface area contributed by atoms with Gasteiger partial charge in [0.15, 0.2) is 11.5 Å². The fourth-order valence-corrected chi connectivity index (χ4v) is 5.25. The first-order chi connectivity index (χ1) is 17.1. The Bertz CT molecular complexity index is 1200. The molecule has 35 heavy (non-hydrogen) atoms. The minimum absolute atomic E-state index is 0.0315. The molecule has 0 radical (unpaired) electrons. The third-order valence-electron chi connectivity index (χ3n) is 6.82. The van der Waals surface area contributed by atoms with Crippen LogP contribution in [0.15, 0.2) is 60.9 Å². The molecule has 0 aliphatic carbocycles. The highest BCUT2D eigenvalue weighted by atomic mass is 16.5. The van der Waals surface area contributed by atoms with Crippen LogP contribution < -0.4 is 25.1 Å². The van der Waals surface area contributed by atoms with Crippen molar-refractivity contribution in [2.75, 3.05) is 21.3 Å². The molecule has 2 saturated heterocycles. The van der Waals surface area contributed by atoms with Gasteiger partial charge in [-0.1, -0.05) is 18.2 Å². The second-order valence-corrected chi connectivity index (χ2v) is 8.61. The maximum Gasteiger partial charge on any atom is 0.242 e. The first-order valence-corrected chi connectivity index (χ1v) is 11.4. The minimum Gasteiger partial charge on any atom is -0.508 e. The average molecular weight is 477 g/mol. The van der Waals surface area contributed by atoms with E-state index in [0.717, 1.165) is 16.7 Å². The number of hydrazine groups is 1. The van der Waals surface area contributed by atoms with Crippen LogP contribution in [-0.4, -0.2) is 48.3 Å². The van der Waals surface area contributed by atoms with Crippen molar-refractivity contribution >= 4 is 5.91 Å². The number of phenols is 1. The van der Waals surface area contributed by atoms with Gasteiger partial charge in [0.2, 0.25) is 11.7 Å². The molecule has 4 unspecified atom stereocenters. The quantitative estimate of drug-likeness (QED) is 0.478. The number of ether oxygens (including phenoxy) is 3. The topological polar surface area (TPSA) is 105 Å². The summed E-state index contributed by atoms with van der Waals surface area (Å²) in [5.74, 6) is 1.44. The van der Waals surface area contributed by atoms with Crippen LogP contribution in [0.25, 0.3) is 0 Å². The second-order valence-electron chi connectivity index (χ2n) is 8.61. The normalized spacial score (nSPS) is 23.3. The Balaban J connectivity index is 1.65. The largest absolute Gasteiger partial charge is 0.508 e. The number of carbonyl (C=O) groups excluding carboxylic acids is 1. The molecule has 2 aliphatic heterocycles. The monoisotopic (exact) mass is 476 g/mol. The van der Waals surface area contributed by atoms with E-state index >= 15 is 0 Å². The average Bonchev–Trinajstić information content (AvgIpc) is 3.43. The molecule has 1 aromatic heterocycles. The molecule has 4 atom stereocenters. The molecule has 9 nitrogen and oxygen atoms in total. The number of benzene rings is 2. The summed E-state index contributed by atoms with van der Waals surface area (Å²) in [7, 11) is 4.70. The van der Waals surface area contributed by atoms with Crippen molar-refractivity contribution in [3.8, 4) is 23.0 Å². The zero-order chi connectivity index (χ0) is 24.5. The summed E-state index contributed by atoms with van der Waals surface area (Å²) in [4.78, 5) is 19.7. The maximum absolute atomic E-state index is 13.7. The van der Waals surface area contributed by atoms with Gasteiger partial charge in [-0.05, 0) is 41.5 Å². The van der Waals surface area contributed by atoms with E-state index in [9.17, 15) is 9.90 Å². The molecule has 2 aromatic carbocycles. The Morgan fingerprint density at radius 1 is 0.943 bits per heavy atom. The molecule has 0 bridgehead atoms. The van der Waals surface area contributed by atoms with Crippen LogP contribution in [0.1, 0.15) is 28.8 Å². The lowest BCUT2D eigenvalue weighted by molar-refractivity contribution is -0.131. The first-order valence-electron chi connectivity index (χ1n) is 11.4. The number of pyridine rings is 1. The number of methoxy groups -OCH3 is 3. The number of likely N-dealkylation sites (tertiary alicyclic amines) is 1. The molecule has 3 N–H and O–H groups in total. The lowest BCUT2D eigenvalue weighted by Gasteiger charge is -2.32. The molecule has 1 amide bonds. The van der Waals surface area contributed by atoms with Gasteiger partial charge in [-0.3, -0.25) is 9.78 Å². The SMILES string of the molecule is COc1cc(C2C3C(NNC3c3ccccc3O)C(=O)N2Cc2ccncc2)cc(OC)c1OC. The molecule has 3 heterocycles. The van der Waals surface area contributed by atoms with Crippen molar-refractivity contribution in [2.24, 2.45) is 5.92 Å². The van der Waals surface area contributed by atoms with E-state index in [4.69, 9.17) is 14.2 Å². The number of amides is 1. The molecular weight excluding hydrogens is 448 g/mol. The zero-order valence-electron chi connectivity index (χ0n) is 19.8. The first kappa shape index (κ1) is 22.9. The lowest BCUT2D eigenvalue weighted by Crippen LogP contribution is -2.41. The molecule has 182 valence electrons. The summed E-state index contributed by atoms with van der Waals surface area (Å²) in [6.45, 7) is 0.408. The number of aromatic nitrogens is 1. The third-order valence-corrected chi connectivity index (χ3v) is 6.82. The highest BCUT2D eigenvalue weighted by molar-refractivity contribution is 5.86. The van der Waals surface area contributed by atoms with Crippen molar-refractivity contribution in [3.63, 3.8) is 0 Å². The summed E-state index contributed by atoms with van der Waals surface area (Å²) in [5, 5.41) is 10.6. The number of nitrogens with zero attached hydrogens (tertiary/aromatic N) is 2. The zero-order valence-corrected chi connectivity index (χ0v) is 19.8.